The number of aromatic nitrogens is 1. The number of benzene rings is 1. The average molecular weight is 203 g/mol. The molecule has 3 heteroatoms. The number of halogens is 1. The molecule has 0 N–H and O–H groups in total. The summed E-state index contributed by atoms with van der Waals surface area (Å²) in [6, 6.07) is 11.3. The van der Waals surface area contributed by atoms with Crippen LogP contribution in [-0.4, -0.2) is 4.57 Å². The fourth-order valence-electron chi connectivity index (χ4n) is 1.24. The molecule has 2 rings (SSSR count). The maximum Gasteiger partial charge on any atom is 0.101 e. The topological polar surface area (TPSA) is 28.7 Å². The van der Waals surface area contributed by atoms with Crippen molar-refractivity contribution in [2.45, 2.75) is 0 Å². The third-order valence-electron chi connectivity index (χ3n) is 1.95. The minimum absolute atomic E-state index is 0.653. The summed E-state index contributed by atoms with van der Waals surface area (Å²) in [7, 11) is 0. The van der Waals surface area contributed by atoms with Crippen molar-refractivity contribution in [3.05, 3.63) is 53.3 Å². The van der Waals surface area contributed by atoms with Crippen LogP contribution in [0.2, 0.25) is 5.02 Å². The number of rotatable bonds is 1. The number of hydrogen-bond acceptors (Lipinski definition) is 1. The van der Waals surface area contributed by atoms with Crippen molar-refractivity contribution >= 4 is 11.6 Å². The van der Waals surface area contributed by atoms with E-state index in [2.05, 4.69) is 6.07 Å². The second kappa shape index (κ2) is 3.57. The summed E-state index contributed by atoms with van der Waals surface area (Å²) in [5.41, 5.74) is 1.65. The van der Waals surface area contributed by atoms with E-state index in [9.17, 15) is 0 Å². The first-order chi connectivity index (χ1) is 6.79. The van der Waals surface area contributed by atoms with Crippen LogP contribution in [0.25, 0.3) is 5.69 Å². The van der Waals surface area contributed by atoms with Gasteiger partial charge >= 0.3 is 0 Å². The van der Waals surface area contributed by atoms with Gasteiger partial charge in [0, 0.05) is 23.1 Å². The summed E-state index contributed by atoms with van der Waals surface area (Å²) in [6.07, 6.45) is 3.63. The van der Waals surface area contributed by atoms with E-state index in [1.54, 1.807) is 12.3 Å². The second-order valence-corrected chi connectivity index (χ2v) is 3.33. The highest BCUT2D eigenvalue weighted by Gasteiger charge is 1.97. The van der Waals surface area contributed by atoms with E-state index in [-0.39, 0.29) is 0 Å². The van der Waals surface area contributed by atoms with Gasteiger partial charge in [-0.15, -0.1) is 0 Å². The predicted molar refractivity (Wildman–Crippen MR) is 55.5 cm³/mol. The minimum atomic E-state index is 0.653. The Morgan fingerprint density at radius 2 is 1.86 bits per heavy atom. The van der Waals surface area contributed by atoms with Crippen LogP contribution < -0.4 is 0 Å². The zero-order valence-corrected chi connectivity index (χ0v) is 8.07. The lowest BCUT2D eigenvalue weighted by Crippen LogP contribution is -1.87. The first-order valence-corrected chi connectivity index (χ1v) is 4.51. The van der Waals surface area contributed by atoms with Gasteiger partial charge in [-0.3, -0.25) is 0 Å². The van der Waals surface area contributed by atoms with Gasteiger partial charge < -0.3 is 4.57 Å². The molecule has 0 unspecified atom stereocenters. The normalized spacial score (nSPS) is 9.71. The molecule has 0 atom stereocenters. The summed E-state index contributed by atoms with van der Waals surface area (Å²) >= 11 is 5.77. The molecule has 0 saturated heterocycles. The molecular weight excluding hydrogens is 196 g/mol. The number of hydrogen-bond donors (Lipinski definition) is 0. The highest BCUT2D eigenvalue weighted by molar-refractivity contribution is 6.30. The van der Waals surface area contributed by atoms with Crippen LogP contribution in [-0.2, 0) is 0 Å². The Kier molecular flexibility index (Phi) is 2.26. The van der Waals surface area contributed by atoms with E-state index >= 15 is 0 Å². The standard InChI is InChI=1S/C11H7ClN2/c12-10-1-3-11(4-2-10)14-6-5-9(7-13)8-14/h1-6,8H. The van der Waals surface area contributed by atoms with Crippen LogP contribution in [0, 0.1) is 11.3 Å². The molecule has 0 spiro atoms. The van der Waals surface area contributed by atoms with Gasteiger partial charge in [-0.05, 0) is 30.3 Å². The fraction of sp³-hybridized carbons (Fsp3) is 0. The van der Waals surface area contributed by atoms with Crippen molar-refractivity contribution in [1.29, 1.82) is 5.26 Å². The zero-order chi connectivity index (χ0) is 9.97. The highest BCUT2D eigenvalue weighted by atomic mass is 35.5. The Morgan fingerprint density at radius 1 is 1.14 bits per heavy atom. The molecular formula is C11H7ClN2. The van der Waals surface area contributed by atoms with E-state index in [0.29, 0.717) is 10.6 Å². The molecule has 0 saturated carbocycles. The molecule has 0 radical (unpaired) electrons. The summed E-state index contributed by atoms with van der Waals surface area (Å²) in [5, 5.41) is 9.37. The van der Waals surface area contributed by atoms with Gasteiger partial charge in [0.25, 0.3) is 0 Å². The summed E-state index contributed by atoms with van der Waals surface area (Å²) in [6.45, 7) is 0. The van der Waals surface area contributed by atoms with Crippen LogP contribution >= 0.6 is 11.6 Å². The molecule has 2 nitrogen and oxygen atoms in total. The molecule has 1 aromatic heterocycles. The Bertz CT molecular complexity index is 477. The van der Waals surface area contributed by atoms with Crippen LogP contribution in [0.5, 0.6) is 0 Å². The van der Waals surface area contributed by atoms with E-state index < -0.39 is 0 Å². The minimum Gasteiger partial charge on any atom is -0.323 e. The monoisotopic (exact) mass is 202 g/mol. The average Bonchev–Trinajstić information content (AvgIpc) is 2.67. The quantitative estimate of drug-likeness (QED) is 0.699. The smallest absolute Gasteiger partial charge is 0.101 e. The Hall–Kier alpha value is -1.72. The number of nitriles is 1. The Morgan fingerprint density at radius 3 is 2.43 bits per heavy atom. The van der Waals surface area contributed by atoms with Crippen molar-refractivity contribution in [1.82, 2.24) is 4.57 Å². The van der Waals surface area contributed by atoms with E-state index in [4.69, 9.17) is 16.9 Å². The van der Waals surface area contributed by atoms with Crippen LogP contribution in [0.1, 0.15) is 5.56 Å². The molecule has 14 heavy (non-hydrogen) atoms. The van der Waals surface area contributed by atoms with Gasteiger partial charge in [0.1, 0.15) is 6.07 Å². The van der Waals surface area contributed by atoms with Crippen LogP contribution in [0.15, 0.2) is 42.7 Å². The van der Waals surface area contributed by atoms with Gasteiger partial charge in [-0.25, -0.2) is 0 Å². The third kappa shape index (κ3) is 1.63. The molecule has 0 aliphatic heterocycles. The molecule has 0 bridgehead atoms. The predicted octanol–water partition coefficient (Wildman–Crippen LogP) is 3.00. The molecule has 0 fully saturated rings. The van der Waals surface area contributed by atoms with E-state index in [0.717, 1.165) is 5.69 Å². The van der Waals surface area contributed by atoms with Crippen molar-refractivity contribution in [3.63, 3.8) is 0 Å². The lowest BCUT2D eigenvalue weighted by atomic mass is 10.3. The lowest BCUT2D eigenvalue weighted by Gasteiger charge is -2.01. The first kappa shape index (κ1) is 8.86. The molecule has 1 heterocycles. The van der Waals surface area contributed by atoms with Crippen LogP contribution in [0.3, 0.4) is 0 Å². The molecule has 0 aliphatic rings. The molecule has 2 aromatic rings. The van der Waals surface area contributed by atoms with Crippen LogP contribution in [0.4, 0.5) is 0 Å². The SMILES string of the molecule is N#Cc1ccn(-c2ccc(Cl)cc2)c1. The van der Waals surface area contributed by atoms with Gasteiger partial charge in [0.2, 0.25) is 0 Å². The van der Waals surface area contributed by atoms with Crippen molar-refractivity contribution < 1.29 is 0 Å². The summed E-state index contributed by atoms with van der Waals surface area (Å²) in [4.78, 5) is 0. The third-order valence-corrected chi connectivity index (χ3v) is 2.20. The Balaban J connectivity index is 2.40. The zero-order valence-electron chi connectivity index (χ0n) is 7.31. The molecule has 68 valence electrons. The van der Waals surface area contributed by atoms with E-state index in [1.165, 1.54) is 0 Å². The maximum atomic E-state index is 8.66. The molecule has 1 aromatic carbocycles. The first-order valence-electron chi connectivity index (χ1n) is 4.13. The Labute approximate surface area is 87.0 Å². The van der Waals surface area contributed by atoms with Crippen molar-refractivity contribution in [2.24, 2.45) is 0 Å². The highest BCUT2D eigenvalue weighted by Crippen LogP contribution is 2.14. The largest absolute Gasteiger partial charge is 0.323 e. The fourth-order valence-corrected chi connectivity index (χ4v) is 1.36. The molecule has 0 aliphatic carbocycles. The van der Waals surface area contributed by atoms with Crippen molar-refractivity contribution in [3.8, 4) is 11.8 Å². The summed E-state index contributed by atoms with van der Waals surface area (Å²) in [5.74, 6) is 0. The summed E-state index contributed by atoms with van der Waals surface area (Å²) < 4.78 is 1.88. The maximum absolute atomic E-state index is 8.66. The van der Waals surface area contributed by atoms with E-state index in [1.807, 2.05) is 35.0 Å². The van der Waals surface area contributed by atoms with Gasteiger partial charge in [0.15, 0.2) is 0 Å². The van der Waals surface area contributed by atoms with Gasteiger partial charge in [-0.1, -0.05) is 11.6 Å². The van der Waals surface area contributed by atoms with Gasteiger partial charge in [0.05, 0.1) is 5.56 Å². The second-order valence-electron chi connectivity index (χ2n) is 2.90. The van der Waals surface area contributed by atoms with Crippen molar-refractivity contribution in [2.75, 3.05) is 0 Å². The molecule has 0 amide bonds. The lowest BCUT2D eigenvalue weighted by molar-refractivity contribution is 1.08. The number of nitrogens with zero attached hydrogens (tertiary/aromatic N) is 2. The van der Waals surface area contributed by atoms with Gasteiger partial charge in [-0.2, -0.15) is 5.26 Å².